The van der Waals surface area contributed by atoms with E-state index in [-0.39, 0.29) is 69.4 Å². The quantitative estimate of drug-likeness (QED) is 0.147. The molecule has 1 aliphatic carbocycles. The van der Waals surface area contributed by atoms with Crippen LogP contribution in [0.5, 0.6) is 0 Å². The molecule has 630 valence electrons. The Kier molecular flexibility index (Phi) is 22.2. The zero-order chi connectivity index (χ0) is 84.2. The number of piperidine rings is 5. The lowest BCUT2D eigenvalue weighted by Gasteiger charge is -2.40. The molecule has 5 amide bonds. The highest BCUT2D eigenvalue weighted by Crippen LogP contribution is 2.51. The van der Waals surface area contributed by atoms with Crippen LogP contribution in [0.2, 0.25) is 5.02 Å². The molecule has 12 aromatic rings. The largest absolute Gasteiger partial charge is 0.399 e. The summed E-state index contributed by atoms with van der Waals surface area (Å²) in [5, 5.41) is 11.9. The van der Waals surface area contributed by atoms with Crippen molar-refractivity contribution in [2.24, 2.45) is 0 Å². The van der Waals surface area contributed by atoms with Crippen molar-refractivity contribution < 1.29 is 56.7 Å². The van der Waals surface area contributed by atoms with Crippen molar-refractivity contribution >= 4 is 68.5 Å². The molecule has 13 heterocycles. The predicted octanol–water partition coefficient (Wildman–Crippen LogP) is 18.0. The molecule has 3 N–H and O–H groups in total. The number of anilines is 1. The number of H-pyrrole nitrogens is 1. The number of nitrogens with two attached hydrogens (primary N) is 1. The summed E-state index contributed by atoms with van der Waals surface area (Å²) in [4.78, 5) is 76.9. The third kappa shape index (κ3) is 15.6. The number of nitrogens with one attached hydrogen (secondary N) is 1. The Morgan fingerprint density at radius 3 is 1.20 bits per heavy atom. The fourth-order valence-electron chi connectivity index (χ4n) is 20.7. The van der Waals surface area contributed by atoms with Gasteiger partial charge in [-0.15, -0.1) is 0 Å². The second-order valence-corrected chi connectivity index (χ2v) is 35.4. The summed E-state index contributed by atoms with van der Waals surface area (Å²) in [7, 11) is 0. The zero-order valence-corrected chi connectivity index (χ0v) is 70.6. The average Bonchev–Trinajstić information content (AvgIpc) is 1.65. The number of aromatic amines is 1. The summed E-state index contributed by atoms with van der Waals surface area (Å²) in [6, 6.07) is 73.1. The molecule has 123 heavy (non-hydrogen) atoms. The second-order valence-electron chi connectivity index (χ2n) is 34.9. The van der Waals surface area contributed by atoms with Crippen LogP contribution in [0.4, 0.5) is 5.69 Å². The van der Waals surface area contributed by atoms with Gasteiger partial charge >= 0.3 is 0 Å². The minimum absolute atomic E-state index is 0.0352. The van der Waals surface area contributed by atoms with Gasteiger partial charge in [0.15, 0.2) is 11.4 Å². The minimum Gasteiger partial charge on any atom is -0.399 e. The molecular formula is C101H102ClN9O12. The molecule has 5 saturated heterocycles. The number of benzene rings is 9. The van der Waals surface area contributed by atoms with E-state index in [0.29, 0.717) is 111 Å². The van der Waals surface area contributed by atoms with E-state index in [1.54, 1.807) is 43.3 Å². The first-order valence-corrected chi connectivity index (χ1v) is 43.8. The van der Waals surface area contributed by atoms with Crippen LogP contribution in [-0.2, 0) is 95.9 Å². The summed E-state index contributed by atoms with van der Waals surface area (Å²) in [5.41, 5.74) is 23.8. The fraction of sp³-hybridized carbons (Fsp3) is 0.356. The van der Waals surface area contributed by atoms with Crippen LogP contribution < -0.4 is 5.73 Å². The first-order chi connectivity index (χ1) is 59.8. The summed E-state index contributed by atoms with van der Waals surface area (Å²) in [6.45, 7) is 16.3. The summed E-state index contributed by atoms with van der Waals surface area (Å²) in [5.74, 6) is 1.89. The molecule has 5 fully saturated rings. The van der Waals surface area contributed by atoms with E-state index in [9.17, 15) is 24.0 Å². The number of hydrogen-bond donors (Lipinski definition) is 2. The van der Waals surface area contributed by atoms with Crippen molar-refractivity contribution in [3.8, 4) is 0 Å². The number of carbonyl (C=O) groups excluding carboxylic acids is 5. The van der Waals surface area contributed by atoms with Gasteiger partial charge in [0.25, 0.3) is 23.6 Å². The van der Waals surface area contributed by atoms with Crippen molar-refractivity contribution in [3.63, 3.8) is 0 Å². The Morgan fingerprint density at radius 1 is 0.407 bits per heavy atom. The second kappa shape index (κ2) is 33.6. The van der Waals surface area contributed by atoms with E-state index in [1.807, 2.05) is 63.8 Å². The van der Waals surface area contributed by atoms with Crippen molar-refractivity contribution in [2.75, 3.05) is 71.2 Å². The number of halogens is 1. The minimum atomic E-state index is -0.222. The number of hydrogen-bond acceptors (Lipinski definition) is 15. The van der Waals surface area contributed by atoms with Gasteiger partial charge < -0.3 is 67.9 Å². The normalized spacial score (nSPS) is 19.6. The lowest BCUT2D eigenvalue weighted by atomic mass is 9.83. The van der Waals surface area contributed by atoms with Gasteiger partial charge in [0.05, 0.1) is 67.0 Å². The summed E-state index contributed by atoms with van der Waals surface area (Å²) in [6.07, 6.45) is 9.28. The maximum atomic E-state index is 13.4. The first-order valence-electron chi connectivity index (χ1n) is 43.5. The number of nitrogen functional groups attached to an aromatic ring is 1. The first kappa shape index (κ1) is 81.1. The fourth-order valence-corrected chi connectivity index (χ4v) is 20.9. The highest BCUT2D eigenvalue weighted by molar-refractivity contribution is 6.31. The van der Waals surface area contributed by atoms with Gasteiger partial charge in [0.2, 0.25) is 5.91 Å². The molecule has 0 radical (unpaired) electrons. The monoisotopic (exact) mass is 1670 g/mol. The average molecular weight is 1670 g/mol. The van der Waals surface area contributed by atoms with E-state index in [4.69, 9.17) is 50.1 Å². The number of aromatic nitrogens is 3. The molecule has 9 aromatic carbocycles. The van der Waals surface area contributed by atoms with Crippen LogP contribution in [-0.4, -0.2) is 135 Å². The number of amides is 5. The standard InChI is InChI=1S/C25H23NO2.C21H19ClN2O2.C19H22N2O3.C19H20N2O2.C17H18N2O3/c27-24(21-15-18-8-3-6-17-7-4-9-20(21)23(17)18)26-13-11-25(12-14-26)22-10-2-1-5-19(22)16-28-25;22-16-5-6-18-15(11-16)12-19(23-18)20(25)24-9-7-21(8-10-24)17-4-2-1-3-14(17)13-26-21;1-13(2)17-11-16(20-24-17)18(22)21-9-7-19(8-10-21)15-6-4-3-5-14(15)12-23-19;20-16-7-5-14(6-8-16)18(22)21-11-9-19(10-12-21)17-4-2-1-3-15(17)13-23-19;1-12-10-15(18-22-12)16(20)19-8-6-17(7-9-19)14-5-3-2-4-13(14)11-21-17/h1-10,21H,11-16H2;1-6,11-12,23H,7-10,13H2;3-6,11,13H,7-10,12H2,1-2H3;1-8H,9-13,20H2;2-5,10H,6-9,11H2,1H3. The van der Waals surface area contributed by atoms with Gasteiger partial charge in [-0.05, 0) is 204 Å². The molecule has 1 unspecified atom stereocenters. The summed E-state index contributed by atoms with van der Waals surface area (Å²) < 4.78 is 41.1. The molecular weight excluding hydrogens is 1570 g/mol. The van der Waals surface area contributed by atoms with Crippen molar-refractivity contribution in [2.45, 2.75) is 164 Å². The number of ether oxygens (including phenoxy) is 5. The third-order valence-electron chi connectivity index (χ3n) is 27.6. The van der Waals surface area contributed by atoms with Gasteiger partial charge in [0, 0.05) is 111 Å². The van der Waals surface area contributed by atoms with Crippen LogP contribution in [0.25, 0.3) is 21.7 Å². The molecule has 0 bridgehead atoms. The van der Waals surface area contributed by atoms with Gasteiger partial charge in [-0.3, -0.25) is 24.0 Å². The Bertz CT molecular complexity index is 5970. The van der Waals surface area contributed by atoms with Crippen molar-refractivity contribution in [1.82, 2.24) is 39.8 Å². The van der Waals surface area contributed by atoms with Crippen LogP contribution >= 0.6 is 11.6 Å². The van der Waals surface area contributed by atoms with Crippen LogP contribution in [0.15, 0.2) is 227 Å². The third-order valence-corrected chi connectivity index (χ3v) is 27.9. The lowest BCUT2D eigenvalue weighted by Crippen LogP contribution is -2.46. The SMILES string of the molecule is CC(C)c1cc(C(=O)N2CCC3(CC2)OCc2ccccc23)no1.Cc1cc(C(=O)N2CCC3(CC2)OCc2ccccc23)no1.Nc1ccc(C(=O)N2CCC3(CC2)OCc2ccccc23)cc1.O=C(C1Cc2cccc3cccc1c23)N1CCC2(CC1)OCc1ccccc12.O=C(c1cc2cc(Cl)ccc2[nH]1)N1CCC2(CC1)OCc1ccccc12. The molecule has 10 aliphatic heterocycles. The number of fused-ring (bicyclic) bond motifs is 11. The Balaban J connectivity index is 0.000000101. The van der Waals surface area contributed by atoms with E-state index in [2.05, 4.69) is 172 Å². The molecule has 21 nitrogen and oxygen atoms in total. The van der Waals surface area contributed by atoms with Crippen molar-refractivity contribution in [3.05, 3.63) is 324 Å². The van der Waals surface area contributed by atoms with Gasteiger partial charge in [-0.1, -0.05) is 193 Å². The topological polar surface area (TPSA) is 242 Å². The van der Waals surface area contributed by atoms with Crippen molar-refractivity contribution in [1.29, 1.82) is 0 Å². The molecule has 23 rings (SSSR count). The smallest absolute Gasteiger partial charge is 0.276 e. The number of carbonyl (C=O) groups is 5. The highest BCUT2D eigenvalue weighted by atomic mass is 35.5. The number of likely N-dealkylation sites (tertiary alicyclic amines) is 5. The zero-order valence-electron chi connectivity index (χ0n) is 69.8. The van der Waals surface area contributed by atoms with Crippen LogP contribution in [0, 0.1) is 6.92 Å². The van der Waals surface area contributed by atoms with Gasteiger partial charge in [-0.2, -0.15) is 0 Å². The number of nitrogens with zero attached hydrogens (tertiary/aromatic N) is 7. The van der Waals surface area contributed by atoms with E-state index in [1.165, 1.54) is 77.5 Å². The molecule has 0 saturated carbocycles. The van der Waals surface area contributed by atoms with E-state index in [0.717, 1.165) is 113 Å². The molecule has 5 spiro atoms. The summed E-state index contributed by atoms with van der Waals surface area (Å²) >= 11 is 6.04. The number of rotatable bonds is 6. The molecule has 11 aliphatic rings. The van der Waals surface area contributed by atoms with E-state index >= 15 is 0 Å². The van der Waals surface area contributed by atoms with Crippen LogP contribution in [0.3, 0.4) is 0 Å². The predicted molar refractivity (Wildman–Crippen MR) is 467 cm³/mol. The maximum absolute atomic E-state index is 13.4. The van der Waals surface area contributed by atoms with E-state index < -0.39 is 0 Å². The Labute approximate surface area is 720 Å². The maximum Gasteiger partial charge on any atom is 0.276 e. The lowest BCUT2D eigenvalue weighted by molar-refractivity contribution is -0.139. The van der Waals surface area contributed by atoms with Gasteiger partial charge in [-0.25, -0.2) is 0 Å². The molecule has 1 atom stereocenters. The molecule has 3 aromatic heterocycles. The number of aryl methyl sites for hydroxylation is 1. The van der Waals surface area contributed by atoms with Crippen LogP contribution in [0.1, 0.15) is 210 Å². The van der Waals surface area contributed by atoms with Gasteiger partial charge in [0.1, 0.15) is 17.2 Å². The Hall–Kier alpha value is -11.6. The Morgan fingerprint density at radius 2 is 0.789 bits per heavy atom. The molecule has 22 heteroatoms. The highest BCUT2D eigenvalue weighted by Gasteiger charge is 2.49.